The van der Waals surface area contributed by atoms with Crippen LogP contribution in [0.4, 0.5) is 0 Å². The first kappa shape index (κ1) is 14.9. The molecule has 1 atom stereocenters. The topological polar surface area (TPSA) is 85.4 Å². The molecule has 1 aromatic heterocycles. The van der Waals surface area contributed by atoms with Gasteiger partial charge in [-0.2, -0.15) is 5.10 Å². The Labute approximate surface area is 145 Å². The minimum absolute atomic E-state index is 0.0749. The standard InChI is InChI=1S/C18H22N6O/c25-18(21-15-10-24-7-3-11(15)4-8-24)16-13-2-1-12(9-14(13)22-23-16)17-19-5-6-20-17/h1-2,9,11,15H,3-8,10H2,(H,19,20)(H,21,25)(H,22,23)/t15-/m0/s1. The Balaban J connectivity index is 1.38. The van der Waals surface area contributed by atoms with Gasteiger partial charge in [-0.1, -0.05) is 6.07 Å². The lowest BCUT2D eigenvalue weighted by Gasteiger charge is -2.44. The Kier molecular flexibility index (Phi) is 3.48. The average Bonchev–Trinajstić information content (AvgIpc) is 3.32. The van der Waals surface area contributed by atoms with E-state index in [9.17, 15) is 4.79 Å². The number of amides is 1. The number of hydrogen-bond donors (Lipinski definition) is 3. The number of amidine groups is 1. The largest absolute Gasteiger partial charge is 0.368 e. The lowest BCUT2D eigenvalue weighted by atomic mass is 9.84. The van der Waals surface area contributed by atoms with Crippen LogP contribution in [0.15, 0.2) is 23.2 Å². The maximum atomic E-state index is 12.8. The molecule has 2 aromatic rings. The van der Waals surface area contributed by atoms with E-state index in [0.717, 1.165) is 41.9 Å². The van der Waals surface area contributed by atoms with Crippen molar-refractivity contribution < 1.29 is 4.79 Å². The monoisotopic (exact) mass is 338 g/mol. The van der Waals surface area contributed by atoms with E-state index in [-0.39, 0.29) is 11.9 Å². The molecule has 4 aliphatic heterocycles. The highest BCUT2D eigenvalue weighted by Gasteiger charge is 2.35. The Hall–Kier alpha value is -2.41. The number of aromatic amines is 1. The fraction of sp³-hybridized carbons (Fsp3) is 0.500. The second-order valence-electron chi connectivity index (χ2n) is 7.21. The van der Waals surface area contributed by atoms with Crippen LogP contribution in [0.25, 0.3) is 10.9 Å². The highest BCUT2D eigenvalue weighted by Crippen LogP contribution is 2.28. The van der Waals surface area contributed by atoms with Crippen molar-refractivity contribution in [3.63, 3.8) is 0 Å². The summed E-state index contributed by atoms with van der Waals surface area (Å²) in [4.78, 5) is 19.6. The Morgan fingerprint density at radius 3 is 2.88 bits per heavy atom. The summed E-state index contributed by atoms with van der Waals surface area (Å²) in [7, 11) is 0. The van der Waals surface area contributed by atoms with Gasteiger partial charge < -0.3 is 15.5 Å². The minimum atomic E-state index is -0.0749. The van der Waals surface area contributed by atoms with Gasteiger partial charge in [0.25, 0.3) is 5.91 Å². The number of piperidine rings is 3. The summed E-state index contributed by atoms with van der Waals surface area (Å²) in [6.07, 6.45) is 2.37. The molecule has 2 bridgehead atoms. The van der Waals surface area contributed by atoms with Gasteiger partial charge in [0, 0.05) is 30.1 Å². The molecule has 1 aromatic carbocycles. The van der Waals surface area contributed by atoms with Gasteiger partial charge in [-0.3, -0.25) is 14.9 Å². The van der Waals surface area contributed by atoms with Crippen molar-refractivity contribution in [2.75, 3.05) is 32.7 Å². The van der Waals surface area contributed by atoms with Crippen LogP contribution < -0.4 is 10.6 Å². The second-order valence-corrected chi connectivity index (χ2v) is 7.21. The maximum Gasteiger partial charge on any atom is 0.272 e. The first-order chi connectivity index (χ1) is 12.3. The van der Waals surface area contributed by atoms with E-state index in [1.165, 1.54) is 25.9 Å². The third kappa shape index (κ3) is 2.59. The van der Waals surface area contributed by atoms with Gasteiger partial charge in [-0.05, 0) is 44.0 Å². The third-order valence-corrected chi connectivity index (χ3v) is 5.70. The number of carbonyl (C=O) groups is 1. The molecule has 6 rings (SSSR count). The van der Waals surface area contributed by atoms with Crippen LogP contribution in [-0.4, -0.2) is 65.6 Å². The first-order valence-electron chi connectivity index (χ1n) is 9.08. The van der Waals surface area contributed by atoms with Gasteiger partial charge in [0.1, 0.15) is 5.84 Å². The molecule has 1 amide bonds. The molecule has 0 aliphatic carbocycles. The Morgan fingerprint density at radius 1 is 1.28 bits per heavy atom. The Morgan fingerprint density at radius 2 is 2.16 bits per heavy atom. The molecule has 4 aliphatic rings. The molecule has 130 valence electrons. The van der Waals surface area contributed by atoms with Gasteiger partial charge >= 0.3 is 0 Å². The van der Waals surface area contributed by atoms with E-state index < -0.39 is 0 Å². The zero-order chi connectivity index (χ0) is 16.8. The van der Waals surface area contributed by atoms with Crippen molar-refractivity contribution in [1.29, 1.82) is 0 Å². The van der Waals surface area contributed by atoms with Gasteiger partial charge in [0.15, 0.2) is 5.69 Å². The number of nitrogens with one attached hydrogen (secondary N) is 3. The minimum Gasteiger partial charge on any atom is -0.368 e. The molecule has 3 saturated heterocycles. The van der Waals surface area contributed by atoms with Crippen LogP contribution in [0.3, 0.4) is 0 Å². The van der Waals surface area contributed by atoms with E-state index in [4.69, 9.17) is 0 Å². The third-order valence-electron chi connectivity index (χ3n) is 5.70. The summed E-state index contributed by atoms with van der Waals surface area (Å²) >= 11 is 0. The van der Waals surface area contributed by atoms with Crippen LogP contribution in [-0.2, 0) is 0 Å². The number of hydrogen-bond acceptors (Lipinski definition) is 5. The Bertz CT molecular complexity index is 848. The maximum absolute atomic E-state index is 12.8. The fourth-order valence-electron chi connectivity index (χ4n) is 4.30. The normalized spacial score (nSPS) is 28.0. The molecule has 0 saturated carbocycles. The number of nitrogens with zero attached hydrogens (tertiary/aromatic N) is 3. The van der Waals surface area contributed by atoms with Crippen molar-refractivity contribution in [2.24, 2.45) is 10.9 Å². The van der Waals surface area contributed by atoms with E-state index in [1.807, 2.05) is 18.2 Å². The van der Waals surface area contributed by atoms with Crippen molar-refractivity contribution in [2.45, 2.75) is 18.9 Å². The first-order valence-corrected chi connectivity index (χ1v) is 9.08. The number of aliphatic imine (C=N–C) groups is 1. The summed E-state index contributed by atoms with van der Waals surface area (Å²) in [5, 5.41) is 14.6. The number of benzene rings is 1. The van der Waals surface area contributed by atoms with Gasteiger partial charge in [0.2, 0.25) is 0 Å². The molecule has 0 spiro atoms. The van der Waals surface area contributed by atoms with Crippen LogP contribution in [0.5, 0.6) is 0 Å². The highest BCUT2D eigenvalue weighted by molar-refractivity contribution is 6.07. The van der Waals surface area contributed by atoms with Crippen LogP contribution in [0.2, 0.25) is 0 Å². The second kappa shape index (κ2) is 5.84. The molecule has 0 unspecified atom stereocenters. The van der Waals surface area contributed by atoms with Gasteiger partial charge in [-0.15, -0.1) is 0 Å². The van der Waals surface area contributed by atoms with Crippen LogP contribution in [0.1, 0.15) is 28.9 Å². The van der Waals surface area contributed by atoms with E-state index in [1.54, 1.807) is 0 Å². The molecular formula is C18H22N6O. The lowest BCUT2D eigenvalue weighted by Crippen LogP contribution is -2.57. The quantitative estimate of drug-likeness (QED) is 0.770. The summed E-state index contributed by atoms with van der Waals surface area (Å²) in [6, 6.07) is 6.21. The number of carbonyl (C=O) groups excluding carboxylic acids is 1. The van der Waals surface area contributed by atoms with E-state index >= 15 is 0 Å². The summed E-state index contributed by atoms with van der Waals surface area (Å²) in [5.41, 5.74) is 2.38. The summed E-state index contributed by atoms with van der Waals surface area (Å²) in [6.45, 7) is 4.99. The zero-order valence-electron chi connectivity index (χ0n) is 14.1. The number of rotatable bonds is 3. The highest BCUT2D eigenvalue weighted by atomic mass is 16.2. The molecule has 5 heterocycles. The predicted molar refractivity (Wildman–Crippen MR) is 95.9 cm³/mol. The average molecular weight is 338 g/mol. The smallest absolute Gasteiger partial charge is 0.272 e. The molecule has 3 N–H and O–H groups in total. The van der Waals surface area contributed by atoms with Crippen molar-refractivity contribution >= 4 is 22.6 Å². The lowest BCUT2D eigenvalue weighted by molar-refractivity contribution is 0.0618. The van der Waals surface area contributed by atoms with Crippen LogP contribution >= 0.6 is 0 Å². The van der Waals surface area contributed by atoms with Gasteiger partial charge in [0.05, 0.1) is 12.1 Å². The molecule has 0 radical (unpaired) electrons. The number of aromatic nitrogens is 2. The molecule has 3 fully saturated rings. The van der Waals surface area contributed by atoms with Crippen molar-refractivity contribution in [3.8, 4) is 0 Å². The molecule has 7 heteroatoms. The fourth-order valence-corrected chi connectivity index (χ4v) is 4.30. The molecule has 25 heavy (non-hydrogen) atoms. The summed E-state index contributed by atoms with van der Waals surface area (Å²) < 4.78 is 0. The van der Waals surface area contributed by atoms with E-state index in [0.29, 0.717) is 11.6 Å². The van der Waals surface area contributed by atoms with E-state index in [2.05, 4.69) is 30.7 Å². The molecular weight excluding hydrogens is 316 g/mol. The summed E-state index contributed by atoms with van der Waals surface area (Å²) in [5.74, 6) is 1.45. The zero-order valence-corrected chi connectivity index (χ0v) is 14.1. The number of H-pyrrole nitrogens is 1. The SMILES string of the molecule is O=C(N[C@H]1CN2CCC1CC2)c1n[nH]c2cc(C3=NCCN3)ccc12. The van der Waals surface area contributed by atoms with Crippen molar-refractivity contribution in [3.05, 3.63) is 29.5 Å². The van der Waals surface area contributed by atoms with Crippen molar-refractivity contribution in [1.82, 2.24) is 25.7 Å². The number of fused-ring (bicyclic) bond motifs is 4. The van der Waals surface area contributed by atoms with Crippen LogP contribution in [0, 0.1) is 5.92 Å². The predicted octanol–water partition coefficient (Wildman–Crippen LogP) is 0.737. The molecule has 7 nitrogen and oxygen atoms in total. The van der Waals surface area contributed by atoms with Gasteiger partial charge in [-0.25, -0.2) is 0 Å².